The number of ketones is 1. The van der Waals surface area contributed by atoms with Gasteiger partial charge in [-0.15, -0.1) is 0 Å². The van der Waals surface area contributed by atoms with Gasteiger partial charge in [0.15, 0.2) is 5.78 Å². The number of ether oxygens (including phenoxy) is 1. The van der Waals surface area contributed by atoms with Gasteiger partial charge in [-0.2, -0.15) is 0 Å². The number of pyridine rings is 1. The summed E-state index contributed by atoms with van der Waals surface area (Å²) < 4.78 is 12.0. The molecule has 0 unspecified atom stereocenters. The third-order valence-electron chi connectivity index (χ3n) is 7.74. The lowest BCUT2D eigenvalue weighted by Crippen LogP contribution is -2.46. The normalized spacial score (nSPS) is 19.0. The summed E-state index contributed by atoms with van der Waals surface area (Å²) in [5, 5.41) is 0. The number of hydrogen-bond acceptors (Lipinski definition) is 6. The highest BCUT2D eigenvalue weighted by Crippen LogP contribution is 2.41. The summed E-state index contributed by atoms with van der Waals surface area (Å²) in [5.41, 5.74) is 5.04. The second-order valence-electron chi connectivity index (χ2n) is 9.97. The predicted molar refractivity (Wildman–Crippen MR) is 136 cm³/mol. The Morgan fingerprint density at radius 3 is 2.47 bits per heavy atom. The number of morpholine rings is 1. The van der Waals surface area contributed by atoms with Crippen LogP contribution in [0.5, 0.6) is 0 Å². The molecule has 1 aromatic carbocycles. The number of piperidine rings is 1. The van der Waals surface area contributed by atoms with Crippen molar-refractivity contribution in [1.29, 1.82) is 0 Å². The van der Waals surface area contributed by atoms with E-state index in [9.17, 15) is 9.59 Å². The molecule has 4 heterocycles. The molecule has 36 heavy (non-hydrogen) atoms. The zero-order valence-electron chi connectivity index (χ0n) is 20.4. The third kappa shape index (κ3) is 4.61. The van der Waals surface area contributed by atoms with E-state index in [1.54, 1.807) is 12.4 Å². The molecule has 2 aliphatic heterocycles. The van der Waals surface area contributed by atoms with Crippen molar-refractivity contribution in [2.45, 2.75) is 31.6 Å². The first-order valence-electron chi connectivity index (χ1n) is 12.9. The number of Topliss-reactive ketones (excluding diaryl/α,β-unsaturated/α-hetero) is 1. The molecule has 7 nitrogen and oxygen atoms in total. The second-order valence-corrected chi connectivity index (χ2v) is 9.97. The van der Waals surface area contributed by atoms with Gasteiger partial charge in [0.25, 0.3) is 0 Å². The number of fused-ring (bicyclic) bond motifs is 1. The molecule has 7 heteroatoms. The van der Waals surface area contributed by atoms with E-state index in [0.717, 1.165) is 84.8 Å². The second kappa shape index (κ2) is 9.99. The summed E-state index contributed by atoms with van der Waals surface area (Å²) in [6.45, 7) is 5.03. The van der Waals surface area contributed by atoms with E-state index < -0.39 is 0 Å². The minimum Gasteiger partial charge on any atom is -0.460 e. The van der Waals surface area contributed by atoms with Crippen LogP contribution in [0, 0.1) is 0 Å². The first kappa shape index (κ1) is 23.1. The van der Waals surface area contributed by atoms with Gasteiger partial charge in [-0.1, -0.05) is 12.1 Å². The van der Waals surface area contributed by atoms with Gasteiger partial charge >= 0.3 is 0 Å². The van der Waals surface area contributed by atoms with E-state index in [1.165, 1.54) is 0 Å². The van der Waals surface area contributed by atoms with Crippen molar-refractivity contribution in [1.82, 2.24) is 14.8 Å². The van der Waals surface area contributed by atoms with E-state index in [1.807, 2.05) is 29.2 Å². The highest BCUT2D eigenvalue weighted by molar-refractivity contribution is 6.01. The van der Waals surface area contributed by atoms with Gasteiger partial charge in [0.1, 0.15) is 11.5 Å². The Hall–Kier alpha value is -3.29. The van der Waals surface area contributed by atoms with Gasteiger partial charge in [0.05, 0.1) is 19.8 Å². The monoisotopic (exact) mass is 485 g/mol. The maximum absolute atomic E-state index is 12.8. The fourth-order valence-electron chi connectivity index (χ4n) is 5.63. The number of carbonyl (C=O) groups is 2. The molecule has 2 aromatic heterocycles. The zero-order valence-corrected chi connectivity index (χ0v) is 20.4. The van der Waals surface area contributed by atoms with Crippen LogP contribution in [0.3, 0.4) is 0 Å². The number of aromatic nitrogens is 1. The van der Waals surface area contributed by atoms with Gasteiger partial charge in [0, 0.05) is 67.6 Å². The summed E-state index contributed by atoms with van der Waals surface area (Å²) >= 11 is 0. The molecule has 186 valence electrons. The molecular formula is C29H31N3O4. The topological polar surface area (TPSA) is 75.9 Å². The molecule has 0 radical (unpaired) electrons. The van der Waals surface area contributed by atoms with Crippen LogP contribution in [0.25, 0.3) is 22.5 Å². The molecule has 0 bridgehead atoms. The minimum atomic E-state index is 0.209. The summed E-state index contributed by atoms with van der Waals surface area (Å²) in [7, 11) is 0. The Morgan fingerprint density at radius 2 is 1.69 bits per heavy atom. The summed E-state index contributed by atoms with van der Waals surface area (Å²) in [4.78, 5) is 33.3. The van der Waals surface area contributed by atoms with Crippen LogP contribution < -0.4 is 0 Å². The molecule has 2 saturated heterocycles. The number of hydrogen-bond donors (Lipinski definition) is 0. The average molecular weight is 486 g/mol. The van der Waals surface area contributed by atoms with Crippen molar-refractivity contribution in [3.63, 3.8) is 0 Å². The molecule has 1 aliphatic carbocycles. The number of benzene rings is 1. The largest absolute Gasteiger partial charge is 0.460 e. The Kier molecular flexibility index (Phi) is 6.42. The molecule has 0 N–H and O–H groups in total. The molecule has 2 fully saturated rings. The van der Waals surface area contributed by atoms with E-state index in [2.05, 4.69) is 22.0 Å². The molecule has 3 aliphatic rings. The predicted octanol–water partition coefficient (Wildman–Crippen LogP) is 4.18. The maximum atomic E-state index is 12.8. The Bertz CT molecular complexity index is 1250. The molecule has 0 saturated carbocycles. The van der Waals surface area contributed by atoms with Gasteiger partial charge in [-0.25, -0.2) is 0 Å². The standard InChI is InChI=1S/C29H31N3O4/c33-26-4-2-22-17-23(1-3-24(22)26)29-25(20-5-9-30-10-6-20)18-27(36-29)21-7-11-32(12-8-21)28(34)19-31-13-15-35-16-14-31/h1,3,5-6,9-10,17-18,21H,2,4,7-8,11-16,19H2. The van der Waals surface area contributed by atoms with Gasteiger partial charge in [-0.05, 0) is 54.7 Å². The van der Waals surface area contributed by atoms with Crippen LogP contribution in [0.15, 0.2) is 53.2 Å². The van der Waals surface area contributed by atoms with E-state index >= 15 is 0 Å². The molecule has 6 rings (SSSR count). The molecule has 0 atom stereocenters. The van der Waals surface area contributed by atoms with Crippen LogP contribution >= 0.6 is 0 Å². The lowest BCUT2D eigenvalue weighted by molar-refractivity contribution is -0.134. The number of aryl methyl sites for hydroxylation is 1. The first-order chi connectivity index (χ1) is 17.7. The number of rotatable bonds is 5. The fraction of sp³-hybridized carbons (Fsp3) is 0.414. The lowest BCUT2D eigenvalue weighted by atomic mass is 9.93. The van der Waals surface area contributed by atoms with Crippen molar-refractivity contribution in [3.05, 3.63) is 65.7 Å². The van der Waals surface area contributed by atoms with Crippen molar-refractivity contribution < 1.29 is 18.7 Å². The SMILES string of the molecule is O=C1CCc2cc(-c3oc(C4CCN(C(=O)CN5CCOCC5)CC4)cc3-c3ccncc3)ccc21. The maximum Gasteiger partial charge on any atom is 0.236 e. The fourth-order valence-corrected chi connectivity index (χ4v) is 5.63. The van der Waals surface area contributed by atoms with Gasteiger partial charge in [0.2, 0.25) is 5.91 Å². The van der Waals surface area contributed by atoms with Crippen LogP contribution in [-0.2, 0) is 16.0 Å². The summed E-state index contributed by atoms with van der Waals surface area (Å²) in [6.07, 6.45) is 6.74. The third-order valence-corrected chi connectivity index (χ3v) is 7.74. The van der Waals surface area contributed by atoms with Crippen LogP contribution in [0.2, 0.25) is 0 Å². The highest BCUT2D eigenvalue weighted by atomic mass is 16.5. The summed E-state index contributed by atoms with van der Waals surface area (Å²) in [6, 6.07) is 12.2. The zero-order chi connectivity index (χ0) is 24.5. The molecule has 3 aromatic rings. The van der Waals surface area contributed by atoms with E-state index in [4.69, 9.17) is 9.15 Å². The lowest BCUT2D eigenvalue weighted by Gasteiger charge is -2.33. The van der Waals surface area contributed by atoms with Crippen LogP contribution in [0.1, 0.15) is 46.9 Å². The number of amides is 1. The quantitative estimate of drug-likeness (QED) is 0.540. The summed E-state index contributed by atoms with van der Waals surface area (Å²) in [5.74, 6) is 2.50. The van der Waals surface area contributed by atoms with Gasteiger partial charge in [-0.3, -0.25) is 19.5 Å². The average Bonchev–Trinajstić information content (AvgIpc) is 3.54. The Labute approximate surface area is 211 Å². The molecule has 1 amide bonds. The van der Waals surface area contributed by atoms with E-state index in [0.29, 0.717) is 26.2 Å². The Balaban J connectivity index is 1.22. The number of likely N-dealkylation sites (tertiary alicyclic amines) is 1. The van der Waals surface area contributed by atoms with Gasteiger partial charge < -0.3 is 14.1 Å². The van der Waals surface area contributed by atoms with Crippen molar-refractivity contribution >= 4 is 11.7 Å². The van der Waals surface area contributed by atoms with Crippen molar-refractivity contribution in [3.8, 4) is 22.5 Å². The van der Waals surface area contributed by atoms with Crippen molar-refractivity contribution in [2.24, 2.45) is 0 Å². The van der Waals surface area contributed by atoms with E-state index in [-0.39, 0.29) is 17.6 Å². The van der Waals surface area contributed by atoms with Crippen molar-refractivity contribution in [2.75, 3.05) is 45.9 Å². The van der Waals surface area contributed by atoms with Crippen LogP contribution in [0.4, 0.5) is 0 Å². The Morgan fingerprint density at radius 1 is 0.917 bits per heavy atom. The number of nitrogens with zero attached hydrogens (tertiary/aromatic N) is 3. The highest BCUT2D eigenvalue weighted by Gasteiger charge is 2.29. The molecule has 0 spiro atoms. The number of furan rings is 1. The van der Waals surface area contributed by atoms with Crippen LogP contribution in [-0.4, -0.2) is 72.4 Å². The minimum absolute atomic E-state index is 0.209. The molecular weight excluding hydrogens is 454 g/mol. The first-order valence-corrected chi connectivity index (χ1v) is 12.9. The number of carbonyl (C=O) groups excluding carboxylic acids is 2. The smallest absolute Gasteiger partial charge is 0.236 e.